The minimum Gasteiger partial charge on any atom is -0.494 e. The van der Waals surface area contributed by atoms with Crippen molar-refractivity contribution in [3.63, 3.8) is 0 Å². The second-order valence-electron chi connectivity index (χ2n) is 7.78. The van der Waals surface area contributed by atoms with Crippen molar-refractivity contribution in [1.82, 2.24) is 14.9 Å². The van der Waals surface area contributed by atoms with Gasteiger partial charge in [-0.15, -0.1) is 0 Å². The van der Waals surface area contributed by atoms with Crippen molar-refractivity contribution in [1.29, 1.82) is 0 Å². The summed E-state index contributed by atoms with van der Waals surface area (Å²) < 4.78 is 5.63. The van der Waals surface area contributed by atoms with Gasteiger partial charge < -0.3 is 25.2 Å². The molecule has 1 aliphatic rings. The molecule has 4 rings (SSSR count). The number of methoxy groups -OCH3 is 1. The maximum atomic E-state index is 6.30. The number of benzene rings is 2. The Morgan fingerprint density at radius 3 is 2.52 bits per heavy atom. The summed E-state index contributed by atoms with van der Waals surface area (Å²) in [5.74, 6) is 1.61. The van der Waals surface area contributed by atoms with Gasteiger partial charge in [0.25, 0.3) is 0 Å². The maximum absolute atomic E-state index is 6.30. The van der Waals surface area contributed by atoms with Gasteiger partial charge in [-0.2, -0.15) is 4.98 Å². The predicted molar refractivity (Wildman–Crippen MR) is 137 cm³/mol. The van der Waals surface area contributed by atoms with Gasteiger partial charge in [0, 0.05) is 54.5 Å². The van der Waals surface area contributed by atoms with E-state index in [1.165, 1.54) is 0 Å². The van der Waals surface area contributed by atoms with Crippen LogP contribution in [0, 0.1) is 0 Å². The number of rotatable bonds is 7. The first-order chi connectivity index (χ1) is 15.9. The number of likely N-dealkylation sites (N-methyl/N-ethyl adjacent to an activating group) is 1. The van der Waals surface area contributed by atoms with E-state index in [2.05, 4.69) is 43.5 Å². The average Bonchev–Trinajstić information content (AvgIpc) is 2.81. The molecule has 1 fully saturated rings. The van der Waals surface area contributed by atoms with Crippen LogP contribution >= 0.6 is 34.8 Å². The molecule has 0 atom stereocenters. The van der Waals surface area contributed by atoms with Crippen molar-refractivity contribution in [2.45, 2.75) is 6.54 Å². The third-order valence-corrected chi connectivity index (χ3v) is 6.37. The summed E-state index contributed by atoms with van der Waals surface area (Å²) in [6.45, 7) is 4.49. The molecule has 1 aliphatic heterocycles. The van der Waals surface area contributed by atoms with Crippen molar-refractivity contribution in [2.75, 3.05) is 55.9 Å². The highest BCUT2D eigenvalue weighted by Gasteiger charge is 2.16. The van der Waals surface area contributed by atoms with Crippen LogP contribution in [0.1, 0.15) is 5.56 Å². The molecule has 174 valence electrons. The van der Waals surface area contributed by atoms with Gasteiger partial charge in [0.05, 0.1) is 19.0 Å². The molecule has 0 radical (unpaired) electrons. The lowest BCUT2D eigenvalue weighted by Crippen LogP contribution is -2.44. The Morgan fingerprint density at radius 1 is 1.00 bits per heavy atom. The van der Waals surface area contributed by atoms with Crippen LogP contribution in [-0.4, -0.2) is 55.2 Å². The molecule has 0 amide bonds. The molecule has 33 heavy (non-hydrogen) atoms. The number of nitrogens with zero attached hydrogens (tertiary/aromatic N) is 4. The maximum Gasteiger partial charge on any atom is 0.229 e. The molecule has 10 heteroatoms. The van der Waals surface area contributed by atoms with E-state index in [4.69, 9.17) is 39.5 Å². The monoisotopic (exact) mass is 506 g/mol. The number of nitrogens with one attached hydrogen (secondary N) is 2. The lowest BCUT2D eigenvalue weighted by molar-refractivity contribution is 0.312. The topological polar surface area (TPSA) is 65.6 Å². The second-order valence-corrected chi connectivity index (χ2v) is 9.03. The van der Waals surface area contributed by atoms with Gasteiger partial charge in [-0.25, -0.2) is 4.98 Å². The lowest BCUT2D eigenvalue weighted by Gasteiger charge is -2.34. The number of aromatic nitrogens is 2. The van der Waals surface area contributed by atoms with Crippen LogP contribution in [0.4, 0.5) is 23.1 Å². The summed E-state index contributed by atoms with van der Waals surface area (Å²) in [5, 5.41) is 8.00. The molecule has 1 aromatic heterocycles. The SMILES string of the molecule is COc1cc(N2CCN(C)CC2)ccc1Nc1ncc(Cl)c(NCc2ccc(Cl)cc2Cl)n1. The second kappa shape index (κ2) is 10.7. The van der Waals surface area contributed by atoms with E-state index in [1.807, 2.05) is 18.2 Å². The first kappa shape index (κ1) is 23.7. The average molecular weight is 508 g/mol. The molecule has 0 spiro atoms. The summed E-state index contributed by atoms with van der Waals surface area (Å²) in [6, 6.07) is 11.4. The third kappa shape index (κ3) is 5.92. The number of anilines is 4. The highest BCUT2D eigenvalue weighted by Crippen LogP contribution is 2.32. The minimum atomic E-state index is 0.398. The molecular formula is C23H25Cl3N6O. The molecule has 0 aliphatic carbocycles. The smallest absolute Gasteiger partial charge is 0.229 e. The molecule has 0 unspecified atom stereocenters. The predicted octanol–water partition coefficient (Wildman–Crippen LogP) is 5.55. The van der Waals surface area contributed by atoms with Crippen molar-refractivity contribution in [2.24, 2.45) is 0 Å². The summed E-state index contributed by atoms with van der Waals surface area (Å²) >= 11 is 18.5. The molecular weight excluding hydrogens is 483 g/mol. The number of hydrogen-bond donors (Lipinski definition) is 2. The number of ether oxygens (including phenoxy) is 1. The zero-order chi connectivity index (χ0) is 23.4. The standard InChI is InChI=1S/C23H25Cl3N6O/c1-31-7-9-32(10-8-31)17-5-6-20(21(12-17)33-2)29-23-28-14-19(26)22(30-23)27-13-15-3-4-16(24)11-18(15)25/h3-6,11-12,14H,7-10,13H2,1-2H3,(H2,27,28,29,30). The van der Waals surface area contributed by atoms with Crippen LogP contribution in [0.15, 0.2) is 42.6 Å². The Bertz CT molecular complexity index is 1120. The van der Waals surface area contributed by atoms with E-state index in [-0.39, 0.29) is 0 Å². The lowest BCUT2D eigenvalue weighted by atomic mass is 10.2. The molecule has 2 aromatic carbocycles. The zero-order valence-electron chi connectivity index (χ0n) is 18.4. The Labute approximate surface area is 208 Å². The molecule has 2 heterocycles. The van der Waals surface area contributed by atoms with Gasteiger partial charge in [0.2, 0.25) is 5.95 Å². The molecule has 2 N–H and O–H groups in total. The fourth-order valence-electron chi connectivity index (χ4n) is 3.56. The minimum absolute atomic E-state index is 0.398. The Hall–Kier alpha value is -2.45. The van der Waals surface area contributed by atoms with E-state index < -0.39 is 0 Å². The highest BCUT2D eigenvalue weighted by molar-refractivity contribution is 6.35. The van der Waals surface area contributed by atoms with Crippen LogP contribution in [0.5, 0.6) is 5.75 Å². The van der Waals surface area contributed by atoms with E-state index in [1.54, 1.807) is 25.4 Å². The van der Waals surface area contributed by atoms with Crippen LogP contribution < -0.4 is 20.3 Å². The molecule has 1 saturated heterocycles. The summed E-state index contributed by atoms with van der Waals surface area (Å²) in [6.07, 6.45) is 1.55. The fourth-order valence-corrected chi connectivity index (χ4v) is 4.19. The van der Waals surface area contributed by atoms with Gasteiger partial charge in [0.1, 0.15) is 10.8 Å². The van der Waals surface area contributed by atoms with Crippen LogP contribution in [0.2, 0.25) is 15.1 Å². The third-order valence-electron chi connectivity index (χ3n) is 5.51. The van der Waals surface area contributed by atoms with Gasteiger partial charge in [-0.3, -0.25) is 0 Å². The van der Waals surface area contributed by atoms with Crippen molar-refractivity contribution in [3.05, 3.63) is 63.2 Å². The first-order valence-electron chi connectivity index (χ1n) is 10.5. The molecule has 0 saturated carbocycles. The van der Waals surface area contributed by atoms with Crippen LogP contribution in [0.25, 0.3) is 0 Å². The van der Waals surface area contributed by atoms with Gasteiger partial charge >= 0.3 is 0 Å². The summed E-state index contributed by atoms with van der Waals surface area (Å²) in [5.41, 5.74) is 2.78. The summed E-state index contributed by atoms with van der Waals surface area (Å²) in [4.78, 5) is 13.5. The summed E-state index contributed by atoms with van der Waals surface area (Å²) in [7, 11) is 3.80. The van der Waals surface area contributed by atoms with Crippen molar-refractivity contribution in [3.8, 4) is 5.75 Å². The largest absolute Gasteiger partial charge is 0.494 e. The first-order valence-corrected chi connectivity index (χ1v) is 11.6. The van der Waals surface area contributed by atoms with E-state index in [9.17, 15) is 0 Å². The molecule has 0 bridgehead atoms. The van der Waals surface area contributed by atoms with E-state index in [0.717, 1.165) is 43.1 Å². The van der Waals surface area contributed by atoms with Gasteiger partial charge in [-0.05, 0) is 36.9 Å². The number of halogens is 3. The zero-order valence-corrected chi connectivity index (χ0v) is 20.7. The Balaban J connectivity index is 1.48. The van der Waals surface area contributed by atoms with Gasteiger partial charge in [0.15, 0.2) is 5.82 Å². The van der Waals surface area contributed by atoms with Crippen LogP contribution in [-0.2, 0) is 6.54 Å². The normalized spacial score (nSPS) is 14.3. The van der Waals surface area contributed by atoms with Crippen LogP contribution in [0.3, 0.4) is 0 Å². The Kier molecular flexibility index (Phi) is 7.65. The number of hydrogen-bond acceptors (Lipinski definition) is 7. The van der Waals surface area contributed by atoms with Crippen molar-refractivity contribution >= 4 is 57.9 Å². The van der Waals surface area contributed by atoms with Gasteiger partial charge in [-0.1, -0.05) is 40.9 Å². The molecule has 7 nitrogen and oxygen atoms in total. The molecule has 3 aromatic rings. The quantitative estimate of drug-likeness (QED) is 0.434. The highest BCUT2D eigenvalue weighted by atomic mass is 35.5. The fraction of sp³-hybridized carbons (Fsp3) is 0.304. The number of piperazine rings is 1. The van der Waals surface area contributed by atoms with E-state index in [0.29, 0.717) is 39.1 Å². The van der Waals surface area contributed by atoms with Crippen molar-refractivity contribution < 1.29 is 4.74 Å². The Morgan fingerprint density at radius 2 is 1.79 bits per heavy atom. The van der Waals surface area contributed by atoms with E-state index >= 15 is 0 Å².